The molecule has 1 saturated carbocycles. The Hall–Kier alpha value is -1.55. The van der Waals surface area contributed by atoms with Gasteiger partial charge in [0.25, 0.3) is 5.91 Å². The predicted molar refractivity (Wildman–Crippen MR) is 73.1 cm³/mol. The Balaban J connectivity index is 2.09. The van der Waals surface area contributed by atoms with Crippen LogP contribution in [0.3, 0.4) is 0 Å². The van der Waals surface area contributed by atoms with Crippen LogP contribution in [-0.2, 0) is 0 Å². The molecular formula is C15H21NO3. The van der Waals surface area contributed by atoms with Crippen LogP contribution in [-0.4, -0.2) is 28.8 Å². The number of benzene rings is 1. The molecule has 1 aromatic rings. The zero-order valence-corrected chi connectivity index (χ0v) is 11.2. The lowest BCUT2D eigenvalue weighted by atomic mass is 9.85. The Morgan fingerprint density at radius 3 is 2.84 bits per heavy atom. The zero-order valence-electron chi connectivity index (χ0n) is 11.2. The van der Waals surface area contributed by atoms with Crippen molar-refractivity contribution in [2.24, 2.45) is 5.92 Å². The number of hydrogen-bond donors (Lipinski definition) is 3. The fourth-order valence-electron chi connectivity index (χ4n) is 2.73. The summed E-state index contributed by atoms with van der Waals surface area (Å²) < 4.78 is 0. The number of amides is 1. The molecule has 0 saturated heterocycles. The van der Waals surface area contributed by atoms with Crippen LogP contribution >= 0.6 is 0 Å². The minimum atomic E-state index is -0.168. The lowest BCUT2D eigenvalue weighted by Gasteiger charge is -2.31. The molecule has 2 unspecified atom stereocenters. The highest BCUT2D eigenvalue weighted by atomic mass is 16.3. The maximum Gasteiger partial charge on any atom is 0.251 e. The van der Waals surface area contributed by atoms with E-state index in [1.165, 1.54) is 0 Å². The van der Waals surface area contributed by atoms with Crippen molar-refractivity contribution in [2.75, 3.05) is 6.61 Å². The van der Waals surface area contributed by atoms with E-state index in [2.05, 4.69) is 5.32 Å². The Bertz CT molecular complexity index is 459. The molecule has 1 aromatic carbocycles. The molecule has 1 aliphatic carbocycles. The van der Waals surface area contributed by atoms with E-state index >= 15 is 0 Å². The van der Waals surface area contributed by atoms with E-state index in [-0.39, 0.29) is 30.2 Å². The number of phenols is 1. The lowest BCUT2D eigenvalue weighted by Crippen LogP contribution is -2.43. The standard InChI is InChI=1S/C15H21NO3/c1-10-12(6-4-8-14(10)18)15(19)16-13-7-3-2-5-11(13)9-17/h4,6,8,11,13,17-18H,2-3,5,7,9H2,1H3,(H,16,19). The van der Waals surface area contributed by atoms with Gasteiger partial charge in [-0.3, -0.25) is 4.79 Å². The molecule has 4 heteroatoms. The first-order chi connectivity index (χ1) is 9.13. The number of phenolic OH excluding ortho intramolecular Hbond substituents is 1. The van der Waals surface area contributed by atoms with Crippen LogP contribution < -0.4 is 5.32 Å². The van der Waals surface area contributed by atoms with Crippen molar-refractivity contribution in [3.8, 4) is 5.75 Å². The first-order valence-corrected chi connectivity index (χ1v) is 6.83. The van der Waals surface area contributed by atoms with E-state index in [0.29, 0.717) is 11.1 Å². The summed E-state index contributed by atoms with van der Waals surface area (Å²) in [7, 11) is 0. The molecule has 0 heterocycles. The summed E-state index contributed by atoms with van der Waals surface area (Å²) in [6.45, 7) is 1.85. The van der Waals surface area contributed by atoms with Crippen LogP contribution in [0.15, 0.2) is 18.2 Å². The van der Waals surface area contributed by atoms with Gasteiger partial charge in [-0.15, -0.1) is 0 Å². The minimum Gasteiger partial charge on any atom is -0.508 e. The average molecular weight is 263 g/mol. The molecular weight excluding hydrogens is 242 g/mol. The molecule has 0 aliphatic heterocycles. The minimum absolute atomic E-state index is 0.0352. The van der Waals surface area contributed by atoms with Crippen molar-refractivity contribution in [3.63, 3.8) is 0 Å². The number of aliphatic hydroxyl groups is 1. The van der Waals surface area contributed by atoms with Gasteiger partial charge >= 0.3 is 0 Å². The van der Waals surface area contributed by atoms with E-state index < -0.39 is 0 Å². The maximum atomic E-state index is 12.2. The van der Waals surface area contributed by atoms with Gasteiger partial charge in [-0.05, 0) is 31.9 Å². The SMILES string of the molecule is Cc1c(O)cccc1C(=O)NC1CCCCC1CO. The number of aromatic hydroxyl groups is 1. The van der Waals surface area contributed by atoms with Crippen molar-refractivity contribution < 1.29 is 15.0 Å². The number of hydrogen-bond acceptors (Lipinski definition) is 3. The third kappa shape index (κ3) is 3.07. The monoisotopic (exact) mass is 263 g/mol. The first kappa shape index (κ1) is 13.9. The molecule has 1 amide bonds. The second kappa shape index (κ2) is 6.06. The number of nitrogens with one attached hydrogen (secondary N) is 1. The van der Waals surface area contributed by atoms with Crippen molar-refractivity contribution >= 4 is 5.91 Å². The highest BCUT2D eigenvalue weighted by Gasteiger charge is 2.26. The molecule has 0 aromatic heterocycles. The summed E-state index contributed by atoms with van der Waals surface area (Å²) in [4.78, 5) is 12.2. The molecule has 2 rings (SSSR count). The Kier molecular flexibility index (Phi) is 4.43. The van der Waals surface area contributed by atoms with Gasteiger partial charge in [0.05, 0.1) is 0 Å². The molecule has 4 nitrogen and oxygen atoms in total. The molecule has 104 valence electrons. The Morgan fingerprint density at radius 1 is 1.37 bits per heavy atom. The number of aliphatic hydroxyl groups excluding tert-OH is 1. The largest absolute Gasteiger partial charge is 0.508 e. The molecule has 1 fully saturated rings. The first-order valence-electron chi connectivity index (χ1n) is 6.83. The molecule has 3 N–H and O–H groups in total. The summed E-state index contributed by atoms with van der Waals surface area (Å²) in [5.41, 5.74) is 1.10. The van der Waals surface area contributed by atoms with Crippen LogP contribution in [0.1, 0.15) is 41.6 Å². The molecule has 2 atom stereocenters. The second-order valence-corrected chi connectivity index (χ2v) is 5.26. The smallest absolute Gasteiger partial charge is 0.251 e. The quantitative estimate of drug-likeness (QED) is 0.781. The molecule has 0 spiro atoms. The second-order valence-electron chi connectivity index (χ2n) is 5.26. The Morgan fingerprint density at radius 2 is 2.11 bits per heavy atom. The lowest BCUT2D eigenvalue weighted by molar-refractivity contribution is 0.0871. The number of rotatable bonds is 3. The molecule has 0 radical (unpaired) electrons. The highest BCUT2D eigenvalue weighted by Crippen LogP contribution is 2.25. The van der Waals surface area contributed by atoms with E-state index in [1.807, 2.05) is 0 Å². The van der Waals surface area contributed by atoms with E-state index in [4.69, 9.17) is 0 Å². The van der Waals surface area contributed by atoms with E-state index in [0.717, 1.165) is 25.7 Å². The normalized spacial score (nSPS) is 23.1. The summed E-state index contributed by atoms with van der Waals surface area (Å²) in [5.74, 6) is 0.115. The van der Waals surface area contributed by atoms with Crippen LogP contribution in [0.2, 0.25) is 0 Å². The topological polar surface area (TPSA) is 69.6 Å². The Labute approximate surface area is 113 Å². The average Bonchev–Trinajstić information content (AvgIpc) is 2.42. The summed E-state index contributed by atoms with van der Waals surface area (Å²) in [6.07, 6.45) is 4.07. The van der Waals surface area contributed by atoms with Gasteiger partial charge < -0.3 is 15.5 Å². The van der Waals surface area contributed by atoms with Gasteiger partial charge in [-0.1, -0.05) is 18.9 Å². The van der Waals surface area contributed by atoms with Crippen molar-refractivity contribution in [2.45, 2.75) is 38.6 Å². The predicted octanol–water partition coefficient (Wildman–Crippen LogP) is 1.98. The van der Waals surface area contributed by atoms with E-state index in [9.17, 15) is 15.0 Å². The van der Waals surface area contributed by atoms with Gasteiger partial charge in [0.2, 0.25) is 0 Å². The molecule has 19 heavy (non-hydrogen) atoms. The molecule has 0 bridgehead atoms. The van der Waals surface area contributed by atoms with Crippen LogP contribution in [0.5, 0.6) is 5.75 Å². The van der Waals surface area contributed by atoms with Crippen molar-refractivity contribution in [3.05, 3.63) is 29.3 Å². The summed E-state index contributed by atoms with van der Waals surface area (Å²) in [6, 6.07) is 4.99. The third-order valence-corrected chi connectivity index (χ3v) is 4.01. The summed E-state index contributed by atoms with van der Waals surface area (Å²) >= 11 is 0. The van der Waals surface area contributed by atoms with Crippen LogP contribution in [0.4, 0.5) is 0 Å². The third-order valence-electron chi connectivity index (χ3n) is 4.01. The van der Waals surface area contributed by atoms with Gasteiger partial charge in [0.15, 0.2) is 0 Å². The fourth-order valence-corrected chi connectivity index (χ4v) is 2.73. The zero-order chi connectivity index (χ0) is 13.8. The van der Waals surface area contributed by atoms with Crippen LogP contribution in [0.25, 0.3) is 0 Å². The number of carbonyl (C=O) groups is 1. The van der Waals surface area contributed by atoms with Crippen molar-refractivity contribution in [1.29, 1.82) is 0 Å². The highest BCUT2D eigenvalue weighted by molar-refractivity contribution is 5.96. The van der Waals surface area contributed by atoms with E-state index in [1.54, 1.807) is 25.1 Å². The maximum absolute atomic E-state index is 12.2. The van der Waals surface area contributed by atoms with Crippen molar-refractivity contribution in [1.82, 2.24) is 5.32 Å². The molecule has 1 aliphatic rings. The fraction of sp³-hybridized carbons (Fsp3) is 0.533. The van der Waals surface area contributed by atoms with Crippen LogP contribution in [0, 0.1) is 12.8 Å². The summed E-state index contributed by atoms with van der Waals surface area (Å²) in [5, 5.41) is 22.0. The van der Waals surface area contributed by atoms with Gasteiger partial charge in [0, 0.05) is 29.7 Å². The van der Waals surface area contributed by atoms with Gasteiger partial charge in [-0.2, -0.15) is 0 Å². The van der Waals surface area contributed by atoms with Gasteiger partial charge in [-0.25, -0.2) is 0 Å². The van der Waals surface area contributed by atoms with Gasteiger partial charge in [0.1, 0.15) is 5.75 Å². The number of carbonyl (C=O) groups excluding carboxylic acids is 1.